The smallest absolute Gasteiger partial charge is 0.344 e. The Balaban J connectivity index is 1.41. The summed E-state index contributed by atoms with van der Waals surface area (Å²) in [7, 11) is 0. The summed E-state index contributed by atoms with van der Waals surface area (Å²) in [5.41, 5.74) is 13.4. The van der Waals surface area contributed by atoms with Crippen molar-refractivity contribution >= 4 is 27.6 Å². The zero-order chi connectivity index (χ0) is 26.2. The third-order valence-electron chi connectivity index (χ3n) is 7.70. The van der Waals surface area contributed by atoms with Crippen LogP contribution in [0.3, 0.4) is 0 Å². The number of fused-ring (bicyclic) bond motifs is 5. The SMILES string of the molecule is CC1(C)c2ccc(-c3cc4ccccc4oc3=O)cc2-c2cc(-c3cc4ccc(N)cc4oc3=O)ccc21. The van der Waals surface area contributed by atoms with Gasteiger partial charge in [0.2, 0.25) is 0 Å². The monoisotopic (exact) mass is 497 g/mol. The molecule has 7 rings (SSSR count). The van der Waals surface area contributed by atoms with Gasteiger partial charge in [0, 0.05) is 27.9 Å². The van der Waals surface area contributed by atoms with E-state index in [0.29, 0.717) is 28.0 Å². The van der Waals surface area contributed by atoms with Gasteiger partial charge in [0.05, 0.1) is 11.1 Å². The van der Waals surface area contributed by atoms with E-state index in [1.54, 1.807) is 18.2 Å². The first-order valence-electron chi connectivity index (χ1n) is 12.5. The Morgan fingerprint density at radius 2 is 1.13 bits per heavy atom. The molecule has 0 radical (unpaired) electrons. The van der Waals surface area contributed by atoms with Crippen LogP contribution in [0, 0.1) is 0 Å². The van der Waals surface area contributed by atoms with Crippen molar-refractivity contribution in [3.8, 4) is 33.4 Å². The Labute approximate surface area is 217 Å². The average molecular weight is 498 g/mol. The van der Waals surface area contributed by atoms with Crippen LogP contribution >= 0.6 is 0 Å². The number of hydrogen-bond donors (Lipinski definition) is 1. The second-order valence-electron chi connectivity index (χ2n) is 10.4. The van der Waals surface area contributed by atoms with Gasteiger partial charge in [0.25, 0.3) is 0 Å². The summed E-state index contributed by atoms with van der Waals surface area (Å²) in [4.78, 5) is 25.8. The molecule has 2 N–H and O–H groups in total. The van der Waals surface area contributed by atoms with E-state index in [2.05, 4.69) is 32.0 Å². The minimum absolute atomic E-state index is 0.235. The molecule has 0 saturated heterocycles. The second-order valence-corrected chi connectivity index (χ2v) is 10.4. The van der Waals surface area contributed by atoms with Crippen molar-refractivity contribution in [2.45, 2.75) is 19.3 Å². The predicted octanol–water partition coefficient (Wildman–Crippen LogP) is 7.12. The molecule has 0 saturated carbocycles. The van der Waals surface area contributed by atoms with Gasteiger partial charge in [-0.25, -0.2) is 9.59 Å². The van der Waals surface area contributed by atoms with Gasteiger partial charge < -0.3 is 14.6 Å². The molecule has 4 aromatic carbocycles. The highest BCUT2D eigenvalue weighted by molar-refractivity contribution is 5.90. The molecular weight excluding hydrogens is 474 g/mol. The molecule has 2 heterocycles. The Bertz CT molecular complexity index is 2060. The number of nitrogen functional groups attached to an aromatic ring is 1. The zero-order valence-electron chi connectivity index (χ0n) is 20.9. The molecular formula is C33H23NO4. The fraction of sp³-hybridized carbons (Fsp3) is 0.0909. The van der Waals surface area contributed by atoms with Crippen LogP contribution in [0.4, 0.5) is 5.69 Å². The van der Waals surface area contributed by atoms with Crippen molar-refractivity contribution in [3.05, 3.63) is 123 Å². The quantitative estimate of drug-likeness (QED) is 0.203. The fourth-order valence-electron chi connectivity index (χ4n) is 5.70. The third kappa shape index (κ3) is 3.25. The summed E-state index contributed by atoms with van der Waals surface area (Å²) in [6, 6.07) is 28.8. The first-order valence-corrected chi connectivity index (χ1v) is 12.5. The van der Waals surface area contributed by atoms with E-state index in [1.807, 2.05) is 54.6 Å². The maximum atomic E-state index is 12.9. The molecule has 0 spiro atoms. The van der Waals surface area contributed by atoms with Gasteiger partial charge in [0.1, 0.15) is 11.2 Å². The van der Waals surface area contributed by atoms with Crippen molar-refractivity contribution in [1.82, 2.24) is 0 Å². The van der Waals surface area contributed by atoms with Crippen LogP contribution in [-0.4, -0.2) is 0 Å². The number of nitrogens with two attached hydrogens (primary N) is 1. The van der Waals surface area contributed by atoms with E-state index in [1.165, 1.54) is 5.56 Å². The maximum Gasteiger partial charge on any atom is 0.344 e. The largest absolute Gasteiger partial charge is 0.422 e. The molecule has 6 aromatic rings. The molecule has 0 atom stereocenters. The van der Waals surface area contributed by atoms with E-state index in [9.17, 15) is 9.59 Å². The Hall–Kier alpha value is -4.90. The van der Waals surface area contributed by atoms with Crippen LogP contribution in [-0.2, 0) is 5.41 Å². The normalized spacial score (nSPS) is 13.5. The van der Waals surface area contributed by atoms with Gasteiger partial charge in [-0.05, 0) is 75.8 Å². The van der Waals surface area contributed by atoms with Gasteiger partial charge >= 0.3 is 11.3 Å². The molecule has 0 unspecified atom stereocenters. The Morgan fingerprint density at radius 3 is 1.76 bits per heavy atom. The molecule has 0 aliphatic heterocycles. The summed E-state index contributed by atoms with van der Waals surface area (Å²) in [6.07, 6.45) is 0. The number of rotatable bonds is 2. The molecule has 38 heavy (non-hydrogen) atoms. The maximum absolute atomic E-state index is 12.9. The molecule has 2 aromatic heterocycles. The lowest BCUT2D eigenvalue weighted by Gasteiger charge is -2.21. The van der Waals surface area contributed by atoms with Crippen molar-refractivity contribution in [3.63, 3.8) is 0 Å². The Morgan fingerprint density at radius 1 is 0.579 bits per heavy atom. The fourth-order valence-corrected chi connectivity index (χ4v) is 5.70. The van der Waals surface area contributed by atoms with Gasteiger partial charge in [-0.1, -0.05) is 56.3 Å². The van der Waals surface area contributed by atoms with E-state index in [0.717, 1.165) is 38.6 Å². The number of anilines is 1. The molecule has 1 aliphatic carbocycles. The molecule has 5 heteroatoms. The minimum Gasteiger partial charge on any atom is -0.422 e. The van der Waals surface area contributed by atoms with Gasteiger partial charge in [-0.2, -0.15) is 0 Å². The topological polar surface area (TPSA) is 86.4 Å². The number of hydrogen-bond acceptors (Lipinski definition) is 5. The summed E-state index contributed by atoms with van der Waals surface area (Å²) < 4.78 is 11.2. The van der Waals surface area contributed by atoms with Crippen molar-refractivity contribution < 1.29 is 8.83 Å². The summed E-state index contributed by atoms with van der Waals surface area (Å²) in [5.74, 6) is 0. The first-order chi connectivity index (χ1) is 18.3. The van der Waals surface area contributed by atoms with E-state index >= 15 is 0 Å². The van der Waals surface area contributed by atoms with Crippen LogP contribution in [0.5, 0.6) is 0 Å². The standard InChI is InChI=1S/C33H23NO4/c1-33(2)27-11-8-18(23-15-20-5-3-4-6-29(20)37-31(23)35)13-25(27)26-14-19(9-12-28(26)33)24-16-21-7-10-22(34)17-30(21)38-32(24)36/h3-17H,34H2,1-2H3. The van der Waals surface area contributed by atoms with Gasteiger partial charge in [-0.3, -0.25) is 0 Å². The van der Waals surface area contributed by atoms with Crippen LogP contribution in [0.15, 0.2) is 109 Å². The number of benzene rings is 4. The van der Waals surface area contributed by atoms with E-state index in [-0.39, 0.29) is 11.0 Å². The summed E-state index contributed by atoms with van der Waals surface area (Å²) in [6.45, 7) is 4.38. The number of para-hydroxylation sites is 1. The Kier molecular flexibility index (Phi) is 4.58. The highest BCUT2D eigenvalue weighted by Gasteiger charge is 2.36. The second kappa shape index (κ2) is 7.80. The highest BCUT2D eigenvalue weighted by Crippen LogP contribution is 2.50. The van der Waals surface area contributed by atoms with Crippen molar-refractivity contribution in [2.24, 2.45) is 0 Å². The third-order valence-corrected chi connectivity index (χ3v) is 7.70. The van der Waals surface area contributed by atoms with E-state index < -0.39 is 5.63 Å². The highest BCUT2D eigenvalue weighted by atomic mass is 16.4. The first kappa shape index (κ1) is 22.3. The van der Waals surface area contributed by atoms with Gasteiger partial charge in [0.15, 0.2) is 0 Å². The minimum atomic E-state index is -0.414. The van der Waals surface area contributed by atoms with Crippen LogP contribution in [0.25, 0.3) is 55.3 Å². The summed E-state index contributed by atoms with van der Waals surface area (Å²) >= 11 is 0. The van der Waals surface area contributed by atoms with Gasteiger partial charge in [-0.15, -0.1) is 0 Å². The molecule has 184 valence electrons. The molecule has 0 fully saturated rings. The van der Waals surface area contributed by atoms with Crippen LogP contribution in [0.2, 0.25) is 0 Å². The van der Waals surface area contributed by atoms with E-state index in [4.69, 9.17) is 14.6 Å². The van der Waals surface area contributed by atoms with Crippen LogP contribution in [0.1, 0.15) is 25.0 Å². The van der Waals surface area contributed by atoms with Crippen molar-refractivity contribution in [2.75, 3.05) is 5.73 Å². The zero-order valence-corrected chi connectivity index (χ0v) is 20.9. The molecule has 0 amide bonds. The lowest BCUT2D eigenvalue weighted by Crippen LogP contribution is -2.15. The molecule has 1 aliphatic rings. The van der Waals surface area contributed by atoms with Crippen LogP contribution < -0.4 is 17.0 Å². The average Bonchev–Trinajstić information content (AvgIpc) is 3.13. The lowest BCUT2D eigenvalue weighted by molar-refractivity contribution is 0.563. The lowest BCUT2D eigenvalue weighted by atomic mass is 9.82. The summed E-state index contributed by atoms with van der Waals surface area (Å²) in [5, 5.41) is 1.68. The molecule has 5 nitrogen and oxygen atoms in total. The van der Waals surface area contributed by atoms with Crippen molar-refractivity contribution in [1.29, 1.82) is 0 Å². The predicted molar refractivity (Wildman–Crippen MR) is 151 cm³/mol. The molecule has 0 bridgehead atoms.